The van der Waals surface area contributed by atoms with Crippen molar-refractivity contribution >= 4 is 0 Å². The van der Waals surface area contributed by atoms with Crippen molar-refractivity contribution in [1.29, 1.82) is 0 Å². The van der Waals surface area contributed by atoms with E-state index in [9.17, 15) is 0 Å². The Balaban J connectivity index is 0. The smallest absolute Gasteiger partial charge is 0 e. The van der Waals surface area contributed by atoms with E-state index in [1.807, 2.05) is 0 Å². The fraction of sp³-hybridized carbons (Fsp3) is 1.00. The molecule has 0 radical (unpaired) electrons. The van der Waals surface area contributed by atoms with Gasteiger partial charge in [-0.1, -0.05) is 20.8 Å². The number of nitrogens with zero attached hydrogens (tertiary/aromatic N) is 1. The minimum Gasteiger partial charge on any atom is -0.304 e. The summed E-state index contributed by atoms with van der Waals surface area (Å²) < 4.78 is 0. The van der Waals surface area contributed by atoms with E-state index in [0.29, 0.717) is 0 Å². The van der Waals surface area contributed by atoms with Crippen LogP contribution in [-0.4, -0.2) is 24.5 Å². The number of hydrogen-bond acceptors (Lipinski definition) is 1. The molecule has 1 nitrogen and oxygen atoms in total. The van der Waals surface area contributed by atoms with Gasteiger partial charge in [0, 0.05) is 37.7 Å². The van der Waals surface area contributed by atoms with Crippen molar-refractivity contribution in [3.05, 3.63) is 0 Å². The van der Waals surface area contributed by atoms with Crippen LogP contribution in [0.1, 0.15) is 20.8 Å². The predicted molar refractivity (Wildman–Crippen MR) is 33.5 cm³/mol. The summed E-state index contributed by atoms with van der Waals surface area (Å²) in [6.07, 6.45) is 0. The molecule has 0 aromatic heterocycles. The molecule has 0 saturated heterocycles. The van der Waals surface area contributed by atoms with Gasteiger partial charge in [-0.05, 0) is 19.6 Å². The average molecular weight is 141 g/mol. The summed E-state index contributed by atoms with van der Waals surface area (Å²) in [6.45, 7) is 10.1. The van der Waals surface area contributed by atoms with Gasteiger partial charge in [0.1, 0.15) is 0 Å². The van der Waals surface area contributed by atoms with Crippen molar-refractivity contribution in [2.45, 2.75) is 20.8 Å². The first-order valence-corrected chi connectivity index (χ1v) is 3.07. The average Bonchev–Trinajstić information content (AvgIpc) is 1.72. The Labute approximate surface area is 82.4 Å². The molecule has 0 aliphatic carbocycles. The number of rotatable bonds is 3. The maximum atomic E-state index is 2.38. The van der Waals surface area contributed by atoms with Crippen LogP contribution < -0.4 is 0 Å². The molecule has 0 fully saturated rings. The zero-order chi connectivity index (χ0) is 5.70. The molecule has 0 aliphatic heterocycles. The molecule has 2 heteroatoms. The fourth-order valence-electron chi connectivity index (χ4n) is 0.671. The van der Waals surface area contributed by atoms with Gasteiger partial charge in [-0.2, -0.15) is 0 Å². The molecule has 0 rings (SSSR count). The van der Waals surface area contributed by atoms with Gasteiger partial charge in [0.25, 0.3) is 0 Å². The molecule has 0 spiro atoms. The van der Waals surface area contributed by atoms with Crippen LogP contribution in [0.15, 0.2) is 0 Å². The Morgan fingerprint density at radius 2 is 1.12 bits per heavy atom. The molecule has 0 saturated carbocycles. The summed E-state index contributed by atoms with van der Waals surface area (Å²) in [5.41, 5.74) is 0. The van der Waals surface area contributed by atoms with Gasteiger partial charge in [-0.25, -0.2) is 0 Å². The molecule has 0 N–H and O–H groups in total. The molecule has 0 aromatic carbocycles. The van der Waals surface area contributed by atoms with Crippen molar-refractivity contribution in [1.82, 2.24) is 4.90 Å². The zero-order valence-corrected chi connectivity index (χ0v) is 6.63. The Bertz CT molecular complexity index is 30.0. The largest absolute Gasteiger partial charge is 0.304 e. The Morgan fingerprint density at radius 3 is 1.12 bits per heavy atom. The molecular formula is C6H15ArN. The van der Waals surface area contributed by atoms with Crippen LogP contribution in [0, 0.1) is 37.7 Å². The summed E-state index contributed by atoms with van der Waals surface area (Å²) >= 11 is 0. The Hall–Kier alpha value is 1.22. The molecule has 0 bridgehead atoms. The van der Waals surface area contributed by atoms with Crippen LogP contribution in [0.2, 0.25) is 0 Å². The molecule has 0 heterocycles. The second-order valence-electron chi connectivity index (χ2n) is 1.62. The van der Waals surface area contributed by atoms with Crippen LogP contribution in [-0.2, 0) is 0 Å². The van der Waals surface area contributed by atoms with Gasteiger partial charge in [0.15, 0.2) is 0 Å². The monoisotopic (exact) mass is 141 g/mol. The Morgan fingerprint density at radius 1 is 0.875 bits per heavy atom. The van der Waals surface area contributed by atoms with E-state index in [1.165, 1.54) is 19.6 Å². The van der Waals surface area contributed by atoms with Crippen LogP contribution in [0.25, 0.3) is 0 Å². The van der Waals surface area contributed by atoms with Gasteiger partial charge in [-0.15, -0.1) is 0 Å². The third-order valence-electron chi connectivity index (χ3n) is 1.34. The van der Waals surface area contributed by atoms with Crippen molar-refractivity contribution in [2.24, 2.45) is 0 Å². The van der Waals surface area contributed by atoms with Gasteiger partial charge < -0.3 is 4.90 Å². The van der Waals surface area contributed by atoms with Crippen LogP contribution in [0.3, 0.4) is 0 Å². The second kappa shape index (κ2) is 8.22. The predicted octanol–water partition coefficient (Wildman–Crippen LogP) is 1.35. The quantitative estimate of drug-likeness (QED) is 0.573. The summed E-state index contributed by atoms with van der Waals surface area (Å²) in [5, 5.41) is 0. The molecule has 0 amide bonds. The van der Waals surface area contributed by atoms with E-state index in [2.05, 4.69) is 25.7 Å². The molecule has 0 unspecified atom stereocenters. The Kier molecular flexibility index (Phi) is 12.3. The van der Waals surface area contributed by atoms with Crippen molar-refractivity contribution in [3.8, 4) is 0 Å². The van der Waals surface area contributed by atoms with E-state index < -0.39 is 0 Å². The van der Waals surface area contributed by atoms with Crippen LogP contribution in [0.5, 0.6) is 0 Å². The first kappa shape index (κ1) is 12.0. The van der Waals surface area contributed by atoms with E-state index >= 15 is 0 Å². The summed E-state index contributed by atoms with van der Waals surface area (Å²) in [7, 11) is 0. The van der Waals surface area contributed by atoms with Crippen molar-refractivity contribution < 1.29 is 37.7 Å². The SMILES string of the molecule is CCN(CC)CC.[Ar]. The normalized spacial score (nSPS) is 9.00. The van der Waals surface area contributed by atoms with Gasteiger partial charge in [-0.3, -0.25) is 0 Å². The molecule has 52 valence electrons. The third kappa shape index (κ3) is 5.36. The van der Waals surface area contributed by atoms with Gasteiger partial charge in [0.2, 0.25) is 0 Å². The van der Waals surface area contributed by atoms with Crippen molar-refractivity contribution in [3.63, 3.8) is 0 Å². The molecule has 0 aliphatic rings. The number of hydrogen-bond donors (Lipinski definition) is 0. The fourth-order valence-corrected chi connectivity index (χ4v) is 0.671. The third-order valence-corrected chi connectivity index (χ3v) is 1.34. The summed E-state index contributed by atoms with van der Waals surface area (Å²) in [5.74, 6) is 0. The van der Waals surface area contributed by atoms with E-state index in [1.54, 1.807) is 0 Å². The minimum absolute atomic E-state index is 0. The zero-order valence-electron chi connectivity index (χ0n) is 5.92. The standard InChI is InChI=1S/C6H15N.Ar/c1-4-7(5-2)6-3;/h4-6H2,1-3H3;. The van der Waals surface area contributed by atoms with Crippen LogP contribution >= 0.6 is 0 Å². The summed E-state index contributed by atoms with van der Waals surface area (Å²) in [6, 6.07) is 0. The molecule has 0 aromatic rings. The first-order chi connectivity index (χ1) is 3.35. The minimum atomic E-state index is 0. The maximum Gasteiger partial charge on any atom is 0 e. The maximum absolute atomic E-state index is 2.38. The topological polar surface area (TPSA) is 3.24 Å². The first-order valence-electron chi connectivity index (χ1n) is 3.07. The second-order valence-corrected chi connectivity index (χ2v) is 1.62. The van der Waals surface area contributed by atoms with Gasteiger partial charge in [0.05, 0.1) is 0 Å². The molecule has 0 atom stereocenters. The molecule has 8 heavy (non-hydrogen) atoms. The van der Waals surface area contributed by atoms with Crippen LogP contribution in [0.4, 0.5) is 0 Å². The van der Waals surface area contributed by atoms with Gasteiger partial charge >= 0.3 is 0 Å². The van der Waals surface area contributed by atoms with Crippen molar-refractivity contribution in [2.75, 3.05) is 19.6 Å². The van der Waals surface area contributed by atoms with E-state index in [4.69, 9.17) is 0 Å². The summed E-state index contributed by atoms with van der Waals surface area (Å²) in [4.78, 5) is 2.38. The molecular weight excluding hydrogens is 126 g/mol. The van der Waals surface area contributed by atoms with E-state index in [0.717, 1.165) is 0 Å². The van der Waals surface area contributed by atoms with E-state index in [-0.39, 0.29) is 37.7 Å².